The van der Waals surface area contributed by atoms with Crippen molar-refractivity contribution in [2.75, 3.05) is 18.6 Å². The van der Waals surface area contributed by atoms with Gasteiger partial charge in [-0.15, -0.1) is 0 Å². The molecule has 1 aliphatic rings. The topological polar surface area (TPSA) is 69.3 Å². The van der Waals surface area contributed by atoms with Gasteiger partial charge in [0.2, 0.25) is 5.91 Å². The Morgan fingerprint density at radius 1 is 1.60 bits per heavy atom. The highest BCUT2D eigenvalue weighted by Gasteiger charge is 2.44. The van der Waals surface area contributed by atoms with Crippen molar-refractivity contribution in [3.8, 4) is 0 Å². The molecule has 1 amide bonds. The predicted octanol–water partition coefficient (Wildman–Crippen LogP) is -0.0780. The molecule has 15 heavy (non-hydrogen) atoms. The number of nitrogens with zero attached hydrogens (tertiary/aromatic N) is 1. The van der Waals surface area contributed by atoms with Crippen LogP contribution in [-0.4, -0.2) is 29.8 Å². The zero-order valence-electron chi connectivity index (χ0n) is 8.64. The first kappa shape index (κ1) is 10.2. The standard InChI is InChI=1S/C10H15N3O2/c1-10(7-15-6-8(10)11)9(14)12-13-4-2-3-5-13/h2-5,8H,6-7,11H2,1H3,(H,12,14). The van der Waals surface area contributed by atoms with Gasteiger partial charge in [-0.25, -0.2) is 0 Å². The van der Waals surface area contributed by atoms with E-state index in [0.717, 1.165) is 0 Å². The quantitative estimate of drug-likeness (QED) is 0.716. The van der Waals surface area contributed by atoms with Crippen LogP contribution in [0.5, 0.6) is 0 Å². The smallest absolute Gasteiger partial charge is 0.248 e. The largest absolute Gasteiger partial charge is 0.379 e. The van der Waals surface area contributed by atoms with Gasteiger partial charge in [0.1, 0.15) is 0 Å². The van der Waals surface area contributed by atoms with E-state index >= 15 is 0 Å². The Balaban J connectivity index is 2.07. The van der Waals surface area contributed by atoms with Gasteiger partial charge in [-0.2, -0.15) is 0 Å². The summed E-state index contributed by atoms with van der Waals surface area (Å²) < 4.78 is 6.83. The van der Waals surface area contributed by atoms with E-state index in [4.69, 9.17) is 10.5 Å². The number of ether oxygens (including phenoxy) is 1. The van der Waals surface area contributed by atoms with Crippen molar-refractivity contribution < 1.29 is 9.53 Å². The molecule has 2 heterocycles. The molecule has 5 nitrogen and oxygen atoms in total. The van der Waals surface area contributed by atoms with Crippen molar-refractivity contribution >= 4 is 5.91 Å². The first-order valence-corrected chi connectivity index (χ1v) is 4.91. The highest BCUT2D eigenvalue weighted by Crippen LogP contribution is 2.27. The van der Waals surface area contributed by atoms with Crippen molar-refractivity contribution in [2.24, 2.45) is 11.1 Å². The van der Waals surface area contributed by atoms with Crippen LogP contribution in [0.2, 0.25) is 0 Å². The van der Waals surface area contributed by atoms with Crippen LogP contribution in [-0.2, 0) is 9.53 Å². The molecular weight excluding hydrogens is 194 g/mol. The van der Waals surface area contributed by atoms with Gasteiger partial charge in [0, 0.05) is 18.4 Å². The van der Waals surface area contributed by atoms with Crippen LogP contribution in [0.15, 0.2) is 24.5 Å². The lowest BCUT2D eigenvalue weighted by atomic mass is 9.85. The van der Waals surface area contributed by atoms with Crippen LogP contribution in [0.4, 0.5) is 0 Å². The molecule has 0 spiro atoms. The SMILES string of the molecule is CC1(C(=O)Nn2cccc2)COCC1N. The first-order chi connectivity index (χ1) is 7.13. The van der Waals surface area contributed by atoms with Crippen molar-refractivity contribution in [3.63, 3.8) is 0 Å². The maximum absolute atomic E-state index is 12.0. The normalized spacial score (nSPS) is 30.4. The summed E-state index contributed by atoms with van der Waals surface area (Å²) in [6, 6.07) is 3.44. The third kappa shape index (κ3) is 1.75. The number of nitrogens with one attached hydrogen (secondary N) is 1. The summed E-state index contributed by atoms with van der Waals surface area (Å²) >= 11 is 0. The van der Waals surface area contributed by atoms with Gasteiger partial charge in [-0.05, 0) is 19.1 Å². The Bertz CT molecular complexity index is 350. The van der Waals surface area contributed by atoms with E-state index in [-0.39, 0.29) is 11.9 Å². The zero-order valence-corrected chi connectivity index (χ0v) is 8.64. The van der Waals surface area contributed by atoms with Crippen molar-refractivity contribution in [3.05, 3.63) is 24.5 Å². The third-order valence-electron chi connectivity index (χ3n) is 2.87. The van der Waals surface area contributed by atoms with E-state index in [1.807, 2.05) is 19.1 Å². The average molecular weight is 209 g/mol. The number of carbonyl (C=O) groups is 1. The monoisotopic (exact) mass is 209 g/mol. The Labute approximate surface area is 88.2 Å². The molecule has 1 fully saturated rings. The Hall–Kier alpha value is -1.33. The summed E-state index contributed by atoms with van der Waals surface area (Å²) in [6.07, 6.45) is 3.53. The highest BCUT2D eigenvalue weighted by atomic mass is 16.5. The molecule has 1 saturated heterocycles. The van der Waals surface area contributed by atoms with Gasteiger partial charge in [0.15, 0.2) is 0 Å². The Morgan fingerprint density at radius 3 is 2.80 bits per heavy atom. The molecule has 82 valence electrons. The zero-order chi connectivity index (χ0) is 10.9. The summed E-state index contributed by atoms with van der Waals surface area (Å²) in [6.45, 7) is 2.64. The number of rotatable bonds is 2. The van der Waals surface area contributed by atoms with Crippen LogP contribution in [0, 0.1) is 5.41 Å². The molecule has 2 unspecified atom stereocenters. The summed E-state index contributed by atoms with van der Waals surface area (Å²) in [5, 5.41) is 0. The van der Waals surface area contributed by atoms with Crippen LogP contribution in [0.25, 0.3) is 0 Å². The Morgan fingerprint density at radius 2 is 2.27 bits per heavy atom. The van der Waals surface area contributed by atoms with Crippen LogP contribution < -0.4 is 11.2 Å². The van der Waals surface area contributed by atoms with E-state index in [9.17, 15) is 4.79 Å². The second-order valence-corrected chi connectivity index (χ2v) is 4.07. The predicted molar refractivity (Wildman–Crippen MR) is 55.7 cm³/mol. The molecule has 2 rings (SSSR count). The van der Waals surface area contributed by atoms with E-state index in [0.29, 0.717) is 13.2 Å². The number of hydrogen-bond acceptors (Lipinski definition) is 3. The van der Waals surface area contributed by atoms with Gasteiger partial charge in [0.25, 0.3) is 0 Å². The lowest BCUT2D eigenvalue weighted by molar-refractivity contribution is -0.126. The number of nitrogens with two attached hydrogens (primary N) is 1. The molecule has 1 aromatic heterocycles. The summed E-state index contributed by atoms with van der Waals surface area (Å²) in [4.78, 5) is 12.0. The first-order valence-electron chi connectivity index (χ1n) is 4.91. The fourth-order valence-corrected chi connectivity index (χ4v) is 1.58. The van der Waals surface area contributed by atoms with Gasteiger partial charge in [-0.3, -0.25) is 14.9 Å². The minimum Gasteiger partial charge on any atom is -0.379 e. The van der Waals surface area contributed by atoms with Gasteiger partial charge in [-0.1, -0.05) is 0 Å². The fourth-order valence-electron chi connectivity index (χ4n) is 1.58. The highest BCUT2D eigenvalue weighted by molar-refractivity contribution is 5.90. The summed E-state index contributed by atoms with van der Waals surface area (Å²) in [5.41, 5.74) is 7.97. The minimum absolute atomic E-state index is 0.108. The van der Waals surface area contributed by atoms with Gasteiger partial charge in [0.05, 0.1) is 18.6 Å². The minimum atomic E-state index is -0.635. The number of aromatic nitrogens is 1. The lowest BCUT2D eigenvalue weighted by Crippen LogP contribution is -2.48. The molecule has 1 aromatic rings. The van der Waals surface area contributed by atoms with E-state index < -0.39 is 5.41 Å². The van der Waals surface area contributed by atoms with E-state index in [1.54, 1.807) is 17.1 Å². The fraction of sp³-hybridized carbons (Fsp3) is 0.500. The van der Waals surface area contributed by atoms with Crippen molar-refractivity contribution in [1.82, 2.24) is 4.68 Å². The van der Waals surface area contributed by atoms with Crippen molar-refractivity contribution in [1.29, 1.82) is 0 Å². The van der Waals surface area contributed by atoms with E-state index in [1.165, 1.54) is 0 Å². The maximum Gasteiger partial charge on any atom is 0.248 e. The van der Waals surface area contributed by atoms with Crippen molar-refractivity contribution in [2.45, 2.75) is 13.0 Å². The lowest BCUT2D eigenvalue weighted by Gasteiger charge is -2.25. The molecule has 0 aromatic carbocycles. The number of amides is 1. The molecule has 0 saturated carbocycles. The molecule has 0 radical (unpaired) electrons. The molecule has 2 atom stereocenters. The molecule has 1 aliphatic heterocycles. The average Bonchev–Trinajstić information content (AvgIpc) is 2.79. The van der Waals surface area contributed by atoms with Crippen LogP contribution in [0.3, 0.4) is 0 Å². The van der Waals surface area contributed by atoms with Crippen LogP contribution >= 0.6 is 0 Å². The number of carbonyl (C=O) groups excluding carboxylic acids is 1. The second-order valence-electron chi connectivity index (χ2n) is 4.07. The van der Waals surface area contributed by atoms with E-state index in [2.05, 4.69) is 5.43 Å². The van der Waals surface area contributed by atoms with Crippen LogP contribution in [0.1, 0.15) is 6.92 Å². The summed E-state index contributed by atoms with van der Waals surface area (Å²) in [7, 11) is 0. The summed E-state index contributed by atoms with van der Waals surface area (Å²) in [5.74, 6) is -0.108. The second kappa shape index (κ2) is 3.67. The Kier molecular flexibility index (Phi) is 2.50. The van der Waals surface area contributed by atoms with Gasteiger partial charge >= 0.3 is 0 Å². The molecule has 0 bridgehead atoms. The maximum atomic E-state index is 12.0. The molecule has 3 N–H and O–H groups in total. The number of hydrogen-bond donors (Lipinski definition) is 2. The molecular formula is C10H15N3O2. The van der Waals surface area contributed by atoms with Gasteiger partial charge < -0.3 is 10.5 Å². The third-order valence-corrected chi connectivity index (χ3v) is 2.87. The molecule has 0 aliphatic carbocycles. The molecule has 5 heteroatoms.